The van der Waals surface area contributed by atoms with Gasteiger partial charge in [0.25, 0.3) is 5.91 Å². The quantitative estimate of drug-likeness (QED) is 0.644. The lowest BCUT2D eigenvalue weighted by Gasteiger charge is -2.18. The molecule has 0 spiro atoms. The lowest BCUT2D eigenvalue weighted by molar-refractivity contribution is -0.0970. The molecule has 1 rings (SSSR count). The Morgan fingerprint density at radius 3 is 2.39 bits per heavy atom. The van der Waals surface area contributed by atoms with Crippen LogP contribution in [0.3, 0.4) is 0 Å². The van der Waals surface area contributed by atoms with Crippen LogP contribution in [0.25, 0.3) is 0 Å². The Bertz CT molecular complexity index is 558. The first-order chi connectivity index (χ1) is 10.8. The Kier molecular flexibility index (Phi) is 7.27. The van der Waals surface area contributed by atoms with Gasteiger partial charge < -0.3 is 14.8 Å². The van der Waals surface area contributed by atoms with Crippen molar-refractivity contribution in [2.45, 2.75) is 59.4 Å². The lowest BCUT2D eigenvalue weighted by Crippen LogP contribution is -2.32. The van der Waals surface area contributed by atoms with E-state index in [1.54, 1.807) is 23.9 Å². The third-order valence-corrected chi connectivity index (χ3v) is 2.91. The van der Waals surface area contributed by atoms with Crippen LogP contribution in [0.15, 0.2) is 12.3 Å². The molecule has 0 radical (unpaired) electrons. The average molecular weight is 321 g/mol. The van der Waals surface area contributed by atoms with E-state index >= 15 is 0 Å². The second-order valence-electron chi connectivity index (χ2n) is 6.04. The van der Waals surface area contributed by atoms with E-state index in [9.17, 15) is 4.79 Å². The molecule has 0 saturated heterocycles. The van der Waals surface area contributed by atoms with Gasteiger partial charge in [-0.1, -0.05) is 5.92 Å². The molecule has 1 aromatic heterocycles. The van der Waals surface area contributed by atoms with E-state index in [0.29, 0.717) is 18.9 Å². The van der Waals surface area contributed by atoms with Crippen molar-refractivity contribution in [3.8, 4) is 11.8 Å². The zero-order valence-corrected chi connectivity index (χ0v) is 14.8. The van der Waals surface area contributed by atoms with Gasteiger partial charge in [-0.25, -0.2) is 0 Å². The van der Waals surface area contributed by atoms with E-state index in [1.165, 1.54) is 0 Å². The summed E-state index contributed by atoms with van der Waals surface area (Å²) < 4.78 is 12.4. The van der Waals surface area contributed by atoms with E-state index in [2.05, 4.69) is 22.3 Å². The van der Waals surface area contributed by atoms with Crippen molar-refractivity contribution in [2.75, 3.05) is 13.2 Å². The fourth-order valence-corrected chi connectivity index (χ4v) is 1.75. The summed E-state index contributed by atoms with van der Waals surface area (Å²) in [5, 5.41) is 7.10. The molecule has 1 aromatic rings. The monoisotopic (exact) mass is 321 g/mol. The summed E-state index contributed by atoms with van der Waals surface area (Å²) in [6.07, 6.45) is 1.23. The Labute approximate surface area is 138 Å². The van der Waals surface area contributed by atoms with Crippen molar-refractivity contribution in [1.29, 1.82) is 0 Å². The van der Waals surface area contributed by atoms with Crippen LogP contribution in [-0.4, -0.2) is 41.2 Å². The van der Waals surface area contributed by atoms with Crippen LogP contribution in [0.2, 0.25) is 0 Å². The molecule has 0 aliphatic rings. The lowest BCUT2D eigenvalue weighted by atomic mass is 10.1. The molecule has 0 aliphatic heterocycles. The van der Waals surface area contributed by atoms with Gasteiger partial charge in [-0.2, -0.15) is 5.10 Å². The summed E-state index contributed by atoms with van der Waals surface area (Å²) in [6.45, 7) is 12.7. The van der Waals surface area contributed by atoms with Crippen molar-refractivity contribution in [3.63, 3.8) is 0 Å². The third-order valence-electron chi connectivity index (χ3n) is 2.91. The predicted molar refractivity (Wildman–Crippen MR) is 89.0 cm³/mol. The maximum atomic E-state index is 12.2. The molecule has 6 heteroatoms. The number of hydrogen-bond acceptors (Lipinski definition) is 4. The summed E-state index contributed by atoms with van der Waals surface area (Å²) in [4.78, 5) is 12.2. The van der Waals surface area contributed by atoms with Crippen molar-refractivity contribution in [2.24, 2.45) is 0 Å². The maximum absolute atomic E-state index is 12.2. The van der Waals surface area contributed by atoms with Gasteiger partial charge in [-0.3, -0.25) is 9.48 Å². The third kappa shape index (κ3) is 6.43. The Hall–Kier alpha value is -1.84. The molecule has 0 saturated carbocycles. The van der Waals surface area contributed by atoms with Crippen molar-refractivity contribution >= 4 is 5.91 Å². The fourth-order valence-electron chi connectivity index (χ4n) is 1.75. The smallest absolute Gasteiger partial charge is 0.272 e. The van der Waals surface area contributed by atoms with Gasteiger partial charge in [-0.15, -0.1) is 0 Å². The number of aromatic nitrogens is 2. The van der Waals surface area contributed by atoms with E-state index in [-0.39, 0.29) is 17.5 Å². The van der Waals surface area contributed by atoms with Gasteiger partial charge in [0, 0.05) is 19.4 Å². The Morgan fingerprint density at radius 2 is 1.91 bits per heavy atom. The molecule has 23 heavy (non-hydrogen) atoms. The molecule has 1 N–H and O–H groups in total. The zero-order chi connectivity index (χ0) is 17.5. The topological polar surface area (TPSA) is 65.4 Å². The predicted octanol–water partition coefficient (Wildman–Crippen LogP) is 2.16. The first-order valence-corrected chi connectivity index (χ1v) is 7.89. The Balaban J connectivity index is 2.65. The van der Waals surface area contributed by atoms with Crippen LogP contribution in [0, 0.1) is 11.8 Å². The average Bonchev–Trinajstić information content (AvgIpc) is 2.95. The minimum absolute atomic E-state index is 0.161. The molecular formula is C17H27N3O3. The van der Waals surface area contributed by atoms with Crippen LogP contribution in [0.4, 0.5) is 0 Å². The molecular weight excluding hydrogens is 294 g/mol. The van der Waals surface area contributed by atoms with Gasteiger partial charge >= 0.3 is 0 Å². The fraction of sp³-hybridized carbons (Fsp3) is 0.647. The second-order valence-corrected chi connectivity index (χ2v) is 6.04. The molecule has 1 atom stereocenters. The number of nitrogens with zero attached hydrogens (tertiary/aromatic N) is 2. The maximum Gasteiger partial charge on any atom is 0.272 e. The van der Waals surface area contributed by atoms with Crippen LogP contribution < -0.4 is 5.32 Å². The molecule has 0 aromatic carbocycles. The molecule has 0 bridgehead atoms. The SMILES string of the molecule is CCOC(C#CC(C)NC(=O)c1ccn(C(C)(C)C)n1)OCC. The van der Waals surface area contributed by atoms with E-state index < -0.39 is 6.29 Å². The minimum Gasteiger partial charge on any atom is -0.342 e. The molecule has 0 aliphatic carbocycles. The number of rotatable bonds is 6. The van der Waals surface area contributed by atoms with E-state index in [0.717, 1.165) is 0 Å². The van der Waals surface area contributed by atoms with Gasteiger partial charge in [0.2, 0.25) is 6.29 Å². The first-order valence-electron chi connectivity index (χ1n) is 7.89. The molecule has 128 valence electrons. The van der Waals surface area contributed by atoms with Crippen molar-refractivity contribution < 1.29 is 14.3 Å². The number of ether oxygens (including phenoxy) is 2. The van der Waals surface area contributed by atoms with Gasteiger partial charge in [0.15, 0.2) is 0 Å². The van der Waals surface area contributed by atoms with E-state index in [1.807, 2.05) is 34.6 Å². The number of amides is 1. The van der Waals surface area contributed by atoms with Crippen LogP contribution in [0.1, 0.15) is 52.0 Å². The molecule has 1 unspecified atom stereocenters. The second kappa shape index (κ2) is 8.70. The van der Waals surface area contributed by atoms with E-state index in [4.69, 9.17) is 9.47 Å². The standard InChI is InChI=1S/C17H27N3O3/c1-7-22-15(23-8-2)10-9-13(3)18-16(21)14-11-12-20(19-14)17(4,5)6/h11-13,15H,7-8H2,1-6H3,(H,18,21). The van der Waals surface area contributed by atoms with Gasteiger partial charge in [0.1, 0.15) is 5.69 Å². The van der Waals surface area contributed by atoms with Crippen molar-refractivity contribution in [1.82, 2.24) is 15.1 Å². The highest BCUT2D eigenvalue weighted by Gasteiger charge is 2.17. The number of hydrogen-bond donors (Lipinski definition) is 1. The highest BCUT2D eigenvalue weighted by Crippen LogP contribution is 2.12. The molecule has 1 amide bonds. The molecule has 0 fully saturated rings. The van der Waals surface area contributed by atoms with Crippen LogP contribution >= 0.6 is 0 Å². The largest absolute Gasteiger partial charge is 0.342 e. The van der Waals surface area contributed by atoms with Gasteiger partial charge in [-0.05, 0) is 53.5 Å². The summed E-state index contributed by atoms with van der Waals surface area (Å²) in [6, 6.07) is 1.37. The normalized spacial score (nSPS) is 12.7. The summed E-state index contributed by atoms with van der Waals surface area (Å²) in [5.41, 5.74) is 0.214. The molecule has 1 heterocycles. The minimum atomic E-state index is -0.565. The number of carbonyl (C=O) groups is 1. The summed E-state index contributed by atoms with van der Waals surface area (Å²) >= 11 is 0. The number of nitrogens with one attached hydrogen (secondary N) is 1. The van der Waals surface area contributed by atoms with Crippen molar-refractivity contribution in [3.05, 3.63) is 18.0 Å². The highest BCUT2D eigenvalue weighted by molar-refractivity contribution is 5.92. The first kappa shape index (κ1) is 19.2. The number of carbonyl (C=O) groups excluding carboxylic acids is 1. The Morgan fingerprint density at radius 1 is 1.30 bits per heavy atom. The van der Waals surface area contributed by atoms with Gasteiger partial charge in [0.05, 0.1) is 11.6 Å². The highest BCUT2D eigenvalue weighted by atomic mass is 16.7. The summed E-state index contributed by atoms with van der Waals surface area (Å²) in [7, 11) is 0. The van der Waals surface area contributed by atoms with Crippen LogP contribution in [-0.2, 0) is 15.0 Å². The van der Waals surface area contributed by atoms with Crippen LogP contribution in [0.5, 0.6) is 0 Å². The summed E-state index contributed by atoms with van der Waals surface area (Å²) in [5.74, 6) is 5.55. The zero-order valence-electron chi connectivity index (χ0n) is 14.8. The molecule has 6 nitrogen and oxygen atoms in total.